The van der Waals surface area contributed by atoms with E-state index in [1.165, 1.54) is 6.42 Å². The normalized spacial score (nSPS) is 30.4. The van der Waals surface area contributed by atoms with Crippen LogP contribution in [0.15, 0.2) is 0 Å². The number of likely N-dealkylation sites (N-methyl/N-ethyl adjacent to an activating group) is 1. The molecule has 0 bridgehead atoms. The number of nitrogens with zero attached hydrogens (tertiary/aromatic N) is 2. The summed E-state index contributed by atoms with van der Waals surface area (Å²) in [6, 6.07) is 0.523. The number of carbonyl (C=O) groups excluding carboxylic acids is 1. The van der Waals surface area contributed by atoms with E-state index >= 15 is 0 Å². The van der Waals surface area contributed by atoms with Crippen molar-refractivity contribution in [3.8, 4) is 0 Å². The molecule has 2 aliphatic rings. The second-order valence-corrected chi connectivity index (χ2v) is 4.03. The first-order valence-corrected chi connectivity index (χ1v) is 5.33. The zero-order chi connectivity index (χ0) is 9.26. The van der Waals surface area contributed by atoms with Crippen molar-refractivity contribution in [1.29, 1.82) is 0 Å². The second-order valence-electron chi connectivity index (χ2n) is 4.03. The smallest absolute Gasteiger partial charge is 0.222 e. The Morgan fingerprint density at radius 2 is 2.31 bits per heavy atom. The summed E-state index contributed by atoms with van der Waals surface area (Å²) in [6.07, 6.45) is 3.09. The van der Waals surface area contributed by atoms with Crippen LogP contribution in [-0.2, 0) is 4.79 Å². The molecule has 0 aliphatic carbocycles. The van der Waals surface area contributed by atoms with Crippen LogP contribution in [0, 0.1) is 0 Å². The van der Waals surface area contributed by atoms with Crippen molar-refractivity contribution in [1.82, 2.24) is 9.80 Å². The first kappa shape index (κ1) is 9.00. The van der Waals surface area contributed by atoms with Crippen molar-refractivity contribution < 1.29 is 4.79 Å². The maximum Gasteiger partial charge on any atom is 0.222 e. The summed E-state index contributed by atoms with van der Waals surface area (Å²) in [4.78, 5) is 16.1. The van der Waals surface area contributed by atoms with E-state index in [4.69, 9.17) is 0 Å². The molecule has 3 heteroatoms. The van der Waals surface area contributed by atoms with Gasteiger partial charge < -0.3 is 4.90 Å². The van der Waals surface area contributed by atoms with E-state index in [2.05, 4.69) is 16.7 Å². The molecule has 3 nitrogen and oxygen atoms in total. The minimum Gasteiger partial charge on any atom is -0.337 e. The highest BCUT2D eigenvalue weighted by molar-refractivity contribution is 5.77. The molecule has 0 unspecified atom stereocenters. The predicted molar refractivity (Wildman–Crippen MR) is 51.5 cm³/mol. The van der Waals surface area contributed by atoms with Gasteiger partial charge in [-0.1, -0.05) is 6.92 Å². The number of fused-ring (bicyclic) bond motifs is 1. The van der Waals surface area contributed by atoms with Crippen molar-refractivity contribution in [3.05, 3.63) is 0 Å². The fraction of sp³-hybridized carbons (Fsp3) is 0.900. The number of carbonyl (C=O) groups is 1. The summed E-state index contributed by atoms with van der Waals surface area (Å²) in [6.45, 7) is 6.44. The Hall–Kier alpha value is -0.570. The van der Waals surface area contributed by atoms with Gasteiger partial charge in [-0.2, -0.15) is 0 Å². The molecule has 2 rings (SSSR count). The van der Waals surface area contributed by atoms with Crippen LogP contribution in [0.2, 0.25) is 0 Å². The molecule has 0 aromatic heterocycles. The summed E-state index contributed by atoms with van der Waals surface area (Å²) in [5, 5.41) is 0. The molecule has 74 valence electrons. The number of hydrogen-bond donors (Lipinski definition) is 0. The third-order valence-corrected chi connectivity index (χ3v) is 3.26. The van der Waals surface area contributed by atoms with Gasteiger partial charge in [-0.3, -0.25) is 9.69 Å². The van der Waals surface area contributed by atoms with E-state index in [0.717, 1.165) is 39.0 Å². The molecule has 1 amide bonds. The zero-order valence-electron chi connectivity index (χ0n) is 8.33. The first-order valence-electron chi connectivity index (χ1n) is 5.33. The maximum absolute atomic E-state index is 11.5. The van der Waals surface area contributed by atoms with Gasteiger partial charge in [0.05, 0.1) is 0 Å². The van der Waals surface area contributed by atoms with Gasteiger partial charge in [-0.05, 0) is 19.4 Å². The van der Waals surface area contributed by atoms with Crippen LogP contribution in [0.3, 0.4) is 0 Å². The Bertz CT molecular complexity index is 205. The standard InChI is InChI=1S/C10H18N2O/c1-2-11-6-7-12-9(8-11)4-3-5-10(12)13/h9H,2-8H2,1H3/t9-/m1/s1. The topological polar surface area (TPSA) is 23.6 Å². The summed E-state index contributed by atoms with van der Waals surface area (Å²) in [7, 11) is 0. The molecule has 2 heterocycles. The number of amides is 1. The molecule has 0 aromatic carbocycles. The average molecular weight is 182 g/mol. The van der Waals surface area contributed by atoms with Crippen LogP contribution in [0.1, 0.15) is 26.2 Å². The largest absolute Gasteiger partial charge is 0.337 e. The van der Waals surface area contributed by atoms with Crippen molar-refractivity contribution >= 4 is 5.91 Å². The van der Waals surface area contributed by atoms with Crippen LogP contribution in [0.25, 0.3) is 0 Å². The van der Waals surface area contributed by atoms with Gasteiger partial charge in [0.25, 0.3) is 0 Å². The van der Waals surface area contributed by atoms with E-state index in [0.29, 0.717) is 11.9 Å². The van der Waals surface area contributed by atoms with Gasteiger partial charge >= 0.3 is 0 Å². The van der Waals surface area contributed by atoms with Crippen LogP contribution in [-0.4, -0.2) is 47.9 Å². The molecule has 1 atom stereocenters. The fourth-order valence-corrected chi connectivity index (χ4v) is 2.41. The molecule has 0 radical (unpaired) electrons. The zero-order valence-corrected chi connectivity index (χ0v) is 8.33. The monoisotopic (exact) mass is 182 g/mol. The van der Waals surface area contributed by atoms with E-state index in [9.17, 15) is 4.79 Å². The van der Waals surface area contributed by atoms with Crippen molar-refractivity contribution in [2.24, 2.45) is 0 Å². The lowest BCUT2D eigenvalue weighted by Crippen LogP contribution is -2.56. The summed E-state index contributed by atoms with van der Waals surface area (Å²) in [5.74, 6) is 0.381. The number of hydrogen-bond acceptors (Lipinski definition) is 2. The summed E-state index contributed by atoms with van der Waals surface area (Å²) < 4.78 is 0. The summed E-state index contributed by atoms with van der Waals surface area (Å²) >= 11 is 0. The highest BCUT2D eigenvalue weighted by Crippen LogP contribution is 2.21. The second kappa shape index (κ2) is 3.66. The number of rotatable bonds is 1. The fourth-order valence-electron chi connectivity index (χ4n) is 2.41. The van der Waals surface area contributed by atoms with Gasteiger partial charge in [0.2, 0.25) is 5.91 Å². The maximum atomic E-state index is 11.5. The van der Waals surface area contributed by atoms with E-state index in [1.54, 1.807) is 0 Å². The average Bonchev–Trinajstić information content (AvgIpc) is 2.18. The van der Waals surface area contributed by atoms with Gasteiger partial charge in [0.1, 0.15) is 0 Å². The predicted octanol–water partition coefficient (Wildman–Crippen LogP) is 0.703. The lowest BCUT2D eigenvalue weighted by Gasteiger charge is -2.43. The molecule has 13 heavy (non-hydrogen) atoms. The highest BCUT2D eigenvalue weighted by Gasteiger charge is 2.32. The highest BCUT2D eigenvalue weighted by atomic mass is 16.2. The molecule has 2 saturated heterocycles. The van der Waals surface area contributed by atoms with Crippen molar-refractivity contribution in [3.63, 3.8) is 0 Å². The van der Waals surface area contributed by atoms with Gasteiger partial charge in [-0.15, -0.1) is 0 Å². The van der Waals surface area contributed by atoms with Crippen molar-refractivity contribution in [2.75, 3.05) is 26.2 Å². The van der Waals surface area contributed by atoms with E-state index in [1.807, 2.05) is 0 Å². The summed E-state index contributed by atoms with van der Waals surface area (Å²) in [5.41, 5.74) is 0. The number of piperazine rings is 1. The molecule has 2 fully saturated rings. The van der Waals surface area contributed by atoms with Gasteiger partial charge in [-0.25, -0.2) is 0 Å². The molecule has 0 aromatic rings. The molecule has 0 N–H and O–H groups in total. The van der Waals surface area contributed by atoms with Gasteiger partial charge in [0.15, 0.2) is 0 Å². The van der Waals surface area contributed by atoms with Crippen LogP contribution in [0.5, 0.6) is 0 Å². The van der Waals surface area contributed by atoms with Crippen LogP contribution < -0.4 is 0 Å². The first-order chi connectivity index (χ1) is 6.31. The lowest BCUT2D eigenvalue weighted by atomic mass is 9.99. The Balaban J connectivity index is 1.99. The quantitative estimate of drug-likeness (QED) is 0.596. The van der Waals surface area contributed by atoms with Gasteiger partial charge in [0, 0.05) is 32.1 Å². The molecular formula is C10H18N2O. The molecule has 0 saturated carbocycles. The minimum atomic E-state index is 0.381. The van der Waals surface area contributed by atoms with Crippen LogP contribution in [0.4, 0.5) is 0 Å². The van der Waals surface area contributed by atoms with E-state index < -0.39 is 0 Å². The SMILES string of the molecule is CCN1CCN2C(=O)CCC[C@@H]2C1. The molecule has 2 aliphatic heterocycles. The van der Waals surface area contributed by atoms with Crippen molar-refractivity contribution in [2.45, 2.75) is 32.2 Å². The van der Waals surface area contributed by atoms with E-state index in [-0.39, 0.29) is 0 Å². The lowest BCUT2D eigenvalue weighted by molar-refractivity contribution is -0.139. The Labute approximate surface area is 79.7 Å². The Morgan fingerprint density at radius 3 is 3.08 bits per heavy atom. The number of piperidine rings is 1. The minimum absolute atomic E-state index is 0.381. The Kier molecular flexibility index (Phi) is 2.54. The van der Waals surface area contributed by atoms with Crippen LogP contribution >= 0.6 is 0 Å². The third-order valence-electron chi connectivity index (χ3n) is 3.26. The molecular weight excluding hydrogens is 164 g/mol. The third kappa shape index (κ3) is 1.70. The Morgan fingerprint density at radius 1 is 1.46 bits per heavy atom. The molecule has 0 spiro atoms.